The van der Waals surface area contributed by atoms with Crippen LogP contribution in [0.15, 0.2) is 12.1 Å². The summed E-state index contributed by atoms with van der Waals surface area (Å²) in [5, 5.41) is 4.65. The molecule has 28 heavy (non-hydrogen) atoms. The molecule has 1 saturated heterocycles. The Morgan fingerprint density at radius 3 is 2.61 bits per heavy atom. The van der Waals surface area contributed by atoms with E-state index in [9.17, 15) is 13.2 Å². The number of hydrogen-bond acceptors (Lipinski definition) is 7. The van der Waals surface area contributed by atoms with Crippen LogP contribution >= 0.6 is 0 Å². The predicted octanol–water partition coefficient (Wildman–Crippen LogP) is 2.03. The second kappa shape index (κ2) is 5.97. The highest BCUT2D eigenvalue weighted by atomic mass is 32.2. The van der Waals surface area contributed by atoms with Crippen molar-refractivity contribution in [3.8, 4) is 17.2 Å². The van der Waals surface area contributed by atoms with Crippen molar-refractivity contribution in [1.82, 2.24) is 9.78 Å². The first-order valence-corrected chi connectivity index (χ1v) is 11.0. The van der Waals surface area contributed by atoms with Gasteiger partial charge in [-0.25, -0.2) is 8.42 Å². The molecule has 3 aliphatic rings. The fourth-order valence-corrected chi connectivity index (χ4v) is 6.19. The van der Waals surface area contributed by atoms with Gasteiger partial charge in [0.15, 0.2) is 21.3 Å². The van der Waals surface area contributed by atoms with Crippen molar-refractivity contribution in [3.05, 3.63) is 34.6 Å². The molecule has 1 aromatic carbocycles. The number of aromatic nitrogens is 2. The average molecular weight is 404 g/mol. The van der Waals surface area contributed by atoms with Gasteiger partial charge in [-0.3, -0.25) is 9.48 Å². The van der Waals surface area contributed by atoms with Crippen LogP contribution in [-0.2, 0) is 14.6 Å². The highest BCUT2D eigenvalue weighted by Gasteiger charge is 2.37. The zero-order valence-electron chi connectivity index (χ0n) is 15.6. The van der Waals surface area contributed by atoms with Gasteiger partial charge in [0.25, 0.3) is 0 Å². The topological polar surface area (TPSA) is 96.7 Å². The molecule has 0 amide bonds. The van der Waals surface area contributed by atoms with E-state index in [0.29, 0.717) is 23.7 Å². The molecule has 2 aromatic rings. The molecule has 148 valence electrons. The fraction of sp³-hybridized carbons (Fsp3) is 0.474. The lowest BCUT2D eigenvalue weighted by atomic mass is 9.85. The van der Waals surface area contributed by atoms with Crippen LogP contribution in [-0.4, -0.2) is 42.5 Å². The minimum absolute atomic E-state index is 0.108. The number of nitrogens with zero attached hydrogens (tertiary/aromatic N) is 2. The largest absolute Gasteiger partial charge is 0.454 e. The Morgan fingerprint density at radius 1 is 1.14 bits per heavy atom. The van der Waals surface area contributed by atoms with Crippen LogP contribution in [0.1, 0.15) is 47.3 Å². The number of hydrogen-bond donors (Lipinski definition) is 0. The maximum atomic E-state index is 12.3. The van der Waals surface area contributed by atoms with Crippen molar-refractivity contribution in [2.24, 2.45) is 0 Å². The van der Waals surface area contributed by atoms with Crippen LogP contribution in [0, 0.1) is 13.8 Å². The molecule has 0 aliphatic carbocycles. The number of ether oxygens (including phenoxy) is 3. The average Bonchev–Trinajstić information content (AvgIpc) is 3.30. The van der Waals surface area contributed by atoms with E-state index in [1.807, 2.05) is 24.6 Å². The Labute approximate surface area is 162 Å². The van der Waals surface area contributed by atoms with Crippen molar-refractivity contribution in [1.29, 1.82) is 0 Å². The summed E-state index contributed by atoms with van der Waals surface area (Å²) in [7, 11) is -3.02. The third-order valence-corrected chi connectivity index (χ3v) is 7.51. The summed E-state index contributed by atoms with van der Waals surface area (Å²) in [4.78, 5) is 12.3. The number of esters is 1. The van der Waals surface area contributed by atoms with Crippen molar-refractivity contribution in [2.75, 3.05) is 18.3 Å². The van der Waals surface area contributed by atoms with Gasteiger partial charge in [0.2, 0.25) is 6.79 Å². The molecule has 0 saturated carbocycles. The fourth-order valence-electron chi connectivity index (χ4n) is 4.50. The minimum Gasteiger partial charge on any atom is -0.454 e. The second-order valence-electron chi connectivity index (χ2n) is 7.56. The standard InChI is InChI=1S/C19H20N2O6S/c1-10-19(11(2)21(20-10)12-3-4-28(23,24)8-12)14-6-18(22)27-15-7-17-16(5-13(14)15)25-9-26-17/h5,7,12,14H,3-4,6,8-9H2,1-2H3. The van der Waals surface area contributed by atoms with Gasteiger partial charge in [-0.2, -0.15) is 5.10 Å². The lowest BCUT2D eigenvalue weighted by Crippen LogP contribution is -2.22. The van der Waals surface area contributed by atoms with E-state index < -0.39 is 9.84 Å². The lowest BCUT2D eigenvalue weighted by molar-refractivity contribution is -0.135. The molecule has 1 aromatic heterocycles. The second-order valence-corrected chi connectivity index (χ2v) is 9.79. The van der Waals surface area contributed by atoms with Crippen molar-refractivity contribution >= 4 is 15.8 Å². The van der Waals surface area contributed by atoms with Gasteiger partial charge in [-0.05, 0) is 26.3 Å². The molecule has 0 radical (unpaired) electrons. The monoisotopic (exact) mass is 404 g/mol. The Bertz CT molecular complexity index is 1100. The minimum atomic E-state index is -3.02. The van der Waals surface area contributed by atoms with Gasteiger partial charge in [0.05, 0.1) is 29.7 Å². The van der Waals surface area contributed by atoms with Crippen LogP contribution < -0.4 is 14.2 Å². The Balaban J connectivity index is 1.60. The summed E-state index contributed by atoms with van der Waals surface area (Å²) < 4.78 is 42.0. The predicted molar refractivity (Wildman–Crippen MR) is 98.7 cm³/mol. The van der Waals surface area contributed by atoms with E-state index in [1.165, 1.54) is 0 Å². The van der Waals surface area contributed by atoms with Gasteiger partial charge in [0, 0.05) is 28.8 Å². The maximum absolute atomic E-state index is 12.3. The highest BCUT2D eigenvalue weighted by Crippen LogP contribution is 2.47. The Hall–Kier alpha value is -2.55. The van der Waals surface area contributed by atoms with Crippen LogP contribution in [0.3, 0.4) is 0 Å². The molecule has 1 fully saturated rings. The number of benzene rings is 1. The SMILES string of the molecule is Cc1nn(C2CCS(=O)(=O)C2)c(C)c1C1CC(=O)Oc2cc3c(cc21)OCO3. The number of rotatable bonds is 2. The molecular formula is C19H20N2O6S. The summed E-state index contributed by atoms with van der Waals surface area (Å²) in [5.74, 6) is 1.42. The van der Waals surface area contributed by atoms with Crippen molar-refractivity contribution in [2.45, 2.75) is 38.6 Å². The molecule has 0 bridgehead atoms. The normalized spacial score (nSPS) is 24.9. The number of carbonyl (C=O) groups is 1. The van der Waals surface area contributed by atoms with E-state index in [2.05, 4.69) is 5.10 Å². The van der Waals surface area contributed by atoms with Crippen LogP contribution in [0.5, 0.6) is 17.2 Å². The Morgan fingerprint density at radius 2 is 1.89 bits per heavy atom. The molecule has 3 aliphatic heterocycles. The van der Waals surface area contributed by atoms with E-state index in [1.54, 1.807) is 6.07 Å². The molecule has 2 unspecified atom stereocenters. The lowest BCUT2D eigenvalue weighted by Gasteiger charge is -2.25. The summed E-state index contributed by atoms with van der Waals surface area (Å²) in [6, 6.07) is 3.40. The first kappa shape index (κ1) is 17.5. The zero-order valence-corrected chi connectivity index (χ0v) is 16.4. The summed E-state index contributed by atoms with van der Waals surface area (Å²) >= 11 is 0. The summed E-state index contributed by atoms with van der Waals surface area (Å²) in [6.45, 7) is 3.98. The summed E-state index contributed by atoms with van der Waals surface area (Å²) in [5.41, 5.74) is 3.49. The first-order valence-electron chi connectivity index (χ1n) is 9.22. The summed E-state index contributed by atoms with van der Waals surface area (Å²) in [6.07, 6.45) is 0.759. The Kier molecular flexibility index (Phi) is 3.74. The highest BCUT2D eigenvalue weighted by molar-refractivity contribution is 7.91. The third-order valence-electron chi connectivity index (χ3n) is 5.76. The number of sulfone groups is 1. The molecule has 4 heterocycles. The number of aryl methyl sites for hydroxylation is 1. The zero-order chi connectivity index (χ0) is 19.6. The van der Waals surface area contributed by atoms with Gasteiger partial charge >= 0.3 is 5.97 Å². The molecule has 8 nitrogen and oxygen atoms in total. The van der Waals surface area contributed by atoms with Gasteiger partial charge < -0.3 is 14.2 Å². The molecule has 5 rings (SSSR count). The van der Waals surface area contributed by atoms with Crippen LogP contribution in [0.4, 0.5) is 0 Å². The van der Waals surface area contributed by atoms with Gasteiger partial charge in [0.1, 0.15) is 5.75 Å². The third kappa shape index (κ3) is 2.68. The van der Waals surface area contributed by atoms with Gasteiger partial charge in [-0.1, -0.05) is 0 Å². The number of carbonyl (C=O) groups excluding carboxylic acids is 1. The first-order chi connectivity index (χ1) is 13.3. The molecule has 9 heteroatoms. The van der Waals surface area contributed by atoms with E-state index in [-0.39, 0.29) is 42.6 Å². The molecular weight excluding hydrogens is 384 g/mol. The quantitative estimate of drug-likeness (QED) is 0.558. The van der Waals surface area contributed by atoms with Crippen LogP contribution in [0.2, 0.25) is 0 Å². The van der Waals surface area contributed by atoms with E-state index in [4.69, 9.17) is 14.2 Å². The number of fused-ring (bicyclic) bond motifs is 2. The van der Waals surface area contributed by atoms with Crippen molar-refractivity contribution in [3.63, 3.8) is 0 Å². The smallest absolute Gasteiger partial charge is 0.312 e. The van der Waals surface area contributed by atoms with Crippen molar-refractivity contribution < 1.29 is 27.4 Å². The molecule has 2 atom stereocenters. The van der Waals surface area contributed by atoms with E-state index in [0.717, 1.165) is 22.5 Å². The molecule has 0 spiro atoms. The van der Waals surface area contributed by atoms with Crippen LogP contribution in [0.25, 0.3) is 0 Å². The maximum Gasteiger partial charge on any atom is 0.312 e. The van der Waals surface area contributed by atoms with Gasteiger partial charge in [-0.15, -0.1) is 0 Å². The molecule has 0 N–H and O–H groups in total. The van der Waals surface area contributed by atoms with E-state index >= 15 is 0 Å².